The summed E-state index contributed by atoms with van der Waals surface area (Å²) in [6.45, 7) is 4.65. The molecule has 2 heterocycles. The number of methoxy groups -OCH3 is 1. The van der Waals surface area contributed by atoms with E-state index in [0.717, 1.165) is 16.0 Å². The lowest BCUT2D eigenvalue weighted by molar-refractivity contribution is 0.0995. The van der Waals surface area contributed by atoms with E-state index in [1.807, 2.05) is 29.7 Å². The Hall–Kier alpha value is -2.84. The molecular formula is C21H22N2O5S. The summed E-state index contributed by atoms with van der Waals surface area (Å²) >= 11 is 1.45. The van der Waals surface area contributed by atoms with E-state index in [1.54, 1.807) is 25.3 Å². The highest BCUT2D eigenvalue weighted by atomic mass is 32.1. The van der Waals surface area contributed by atoms with Gasteiger partial charge in [-0.05, 0) is 37.3 Å². The van der Waals surface area contributed by atoms with Crippen molar-refractivity contribution in [2.24, 2.45) is 4.99 Å². The van der Waals surface area contributed by atoms with E-state index in [4.69, 9.17) is 18.9 Å². The number of ether oxygens (including phenoxy) is 4. The molecule has 0 bridgehead atoms. The molecule has 0 unspecified atom stereocenters. The number of benzene rings is 2. The third-order valence-corrected chi connectivity index (χ3v) is 5.58. The second kappa shape index (κ2) is 8.67. The molecule has 0 atom stereocenters. The van der Waals surface area contributed by atoms with Crippen molar-refractivity contribution in [3.63, 3.8) is 0 Å². The van der Waals surface area contributed by atoms with Gasteiger partial charge in [0.05, 0.1) is 18.4 Å². The molecule has 2 aromatic carbocycles. The van der Waals surface area contributed by atoms with Crippen LogP contribution < -0.4 is 19.0 Å². The van der Waals surface area contributed by atoms with Crippen LogP contribution in [0.15, 0.2) is 41.4 Å². The van der Waals surface area contributed by atoms with Crippen molar-refractivity contribution in [1.82, 2.24) is 4.57 Å². The highest BCUT2D eigenvalue weighted by Gasteiger charge is 2.16. The van der Waals surface area contributed by atoms with E-state index in [9.17, 15) is 4.79 Å². The van der Waals surface area contributed by atoms with Crippen molar-refractivity contribution in [3.8, 4) is 17.2 Å². The molecule has 0 N–H and O–H groups in total. The maximum atomic E-state index is 12.9. The number of hydrogen-bond donors (Lipinski definition) is 0. The van der Waals surface area contributed by atoms with Gasteiger partial charge < -0.3 is 23.5 Å². The second-order valence-electron chi connectivity index (χ2n) is 6.32. The first-order valence-corrected chi connectivity index (χ1v) is 10.3. The van der Waals surface area contributed by atoms with Gasteiger partial charge in [-0.1, -0.05) is 17.4 Å². The fourth-order valence-corrected chi connectivity index (χ4v) is 4.26. The van der Waals surface area contributed by atoms with Gasteiger partial charge in [0, 0.05) is 18.7 Å². The molecular weight excluding hydrogens is 392 g/mol. The van der Waals surface area contributed by atoms with Crippen molar-refractivity contribution in [3.05, 3.63) is 46.8 Å². The summed E-state index contributed by atoms with van der Waals surface area (Å²) in [5.41, 5.74) is 1.36. The second-order valence-corrected chi connectivity index (χ2v) is 7.32. The zero-order valence-corrected chi connectivity index (χ0v) is 17.2. The molecule has 152 valence electrons. The first-order valence-electron chi connectivity index (χ1n) is 9.44. The van der Waals surface area contributed by atoms with Gasteiger partial charge in [0.1, 0.15) is 24.5 Å². The van der Waals surface area contributed by atoms with Crippen LogP contribution in [0.1, 0.15) is 17.3 Å². The van der Waals surface area contributed by atoms with Crippen LogP contribution in [0.2, 0.25) is 0 Å². The zero-order valence-electron chi connectivity index (χ0n) is 16.3. The molecule has 0 fully saturated rings. The quantitative estimate of drug-likeness (QED) is 0.579. The normalized spacial score (nSPS) is 13.7. The lowest BCUT2D eigenvalue weighted by Crippen LogP contribution is -2.20. The molecule has 0 saturated carbocycles. The molecule has 1 aliphatic rings. The monoisotopic (exact) mass is 414 g/mol. The molecule has 1 amide bonds. The fraction of sp³-hybridized carbons (Fsp3) is 0.333. The van der Waals surface area contributed by atoms with Crippen LogP contribution >= 0.6 is 11.3 Å². The summed E-state index contributed by atoms with van der Waals surface area (Å²) in [6, 6.07) is 11.0. The average Bonchev–Trinajstić information content (AvgIpc) is 3.10. The Morgan fingerprint density at radius 1 is 1.21 bits per heavy atom. The van der Waals surface area contributed by atoms with Gasteiger partial charge in [0.25, 0.3) is 5.91 Å². The zero-order chi connectivity index (χ0) is 20.2. The number of aromatic nitrogens is 1. The molecule has 8 heteroatoms. The number of amides is 1. The Balaban J connectivity index is 1.76. The van der Waals surface area contributed by atoms with Gasteiger partial charge >= 0.3 is 0 Å². The van der Waals surface area contributed by atoms with Gasteiger partial charge in [-0.3, -0.25) is 4.79 Å². The van der Waals surface area contributed by atoms with E-state index >= 15 is 0 Å². The first-order chi connectivity index (χ1) is 14.2. The predicted molar refractivity (Wildman–Crippen MR) is 110 cm³/mol. The van der Waals surface area contributed by atoms with E-state index < -0.39 is 0 Å². The summed E-state index contributed by atoms with van der Waals surface area (Å²) in [5, 5.41) is 0. The number of para-hydroxylation sites is 1. The molecule has 7 nitrogen and oxygen atoms in total. The molecule has 0 aliphatic carbocycles. The van der Waals surface area contributed by atoms with Crippen LogP contribution in [0.3, 0.4) is 0 Å². The predicted octanol–water partition coefficient (Wildman–Crippen LogP) is 3.26. The largest absolute Gasteiger partial charge is 0.495 e. The van der Waals surface area contributed by atoms with Crippen LogP contribution in [0.25, 0.3) is 10.2 Å². The minimum absolute atomic E-state index is 0.336. The smallest absolute Gasteiger partial charge is 0.279 e. The SMILES string of the molecule is CCOCCn1c(=NC(=O)c2ccc3c(c2)OCCO3)sc2cccc(OC)c21. The van der Waals surface area contributed by atoms with E-state index in [0.29, 0.717) is 54.8 Å². The molecule has 4 rings (SSSR count). The van der Waals surface area contributed by atoms with Gasteiger partial charge in [0.15, 0.2) is 16.3 Å². The van der Waals surface area contributed by atoms with Crippen molar-refractivity contribution in [2.45, 2.75) is 13.5 Å². The highest BCUT2D eigenvalue weighted by molar-refractivity contribution is 7.16. The molecule has 0 radical (unpaired) electrons. The van der Waals surface area contributed by atoms with Crippen molar-refractivity contribution in [2.75, 3.05) is 33.5 Å². The van der Waals surface area contributed by atoms with Crippen LogP contribution in [0.4, 0.5) is 0 Å². The van der Waals surface area contributed by atoms with E-state index in [1.165, 1.54) is 11.3 Å². The minimum atomic E-state index is -0.336. The van der Waals surface area contributed by atoms with Crippen molar-refractivity contribution in [1.29, 1.82) is 0 Å². The Labute approximate surface area is 172 Å². The molecule has 29 heavy (non-hydrogen) atoms. The lowest BCUT2D eigenvalue weighted by atomic mass is 10.2. The van der Waals surface area contributed by atoms with Gasteiger partial charge in [-0.15, -0.1) is 0 Å². The Morgan fingerprint density at radius 3 is 2.83 bits per heavy atom. The number of carbonyl (C=O) groups excluding carboxylic acids is 1. The van der Waals surface area contributed by atoms with Crippen molar-refractivity contribution < 1.29 is 23.7 Å². The lowest BCUT2D eigenvalue weighted by Gasteiger charge is -2.18. The van der Waals surface area contributed by atoms with E-state index in [-0.39, 0.29) is 5.91 Å². The summed E-state index contributed by atoms with van der Waals surface area (Å²) in [7, 11) is 1.64. The third-order valence-electron chi connectivity index (χ3n) is 4.53. The maximum Gasteiger partial charge on any atom is 0.279 e. The van der Waals surface area contributed by atoms with Crippen LogP contribution in [0, 0.1) is 0 Å². The minimum Gasteiger partial charge on any atom is -0.495 e. The molecule has 0 spiro atoms. The van der Waals surface area contributed by atoms with Crippen LogP contribution in [-0.4, -0.2) is 44.0 Å². The maximum absolute atomic E-state index is 12.9. The van der Waals surface area contributed by atoms with E-state index in [2.05, 4.69) is 4.99 Å². The Morgan fingerprint density at radius 2 is 2.03 bits per heavy atom. The Kier molecular flexibility index (Phi) is 5.82. The van der Waals surface area contributed by atoms with Gasteiger partial charge in [0.2, 0.25) is 0 Å². The molecule has 1 aliphatic heterocycles. The summed E-state index contributed by atoms with van der Waals surface area (Å²) in [5.74, 6) is 1.62. The van der Waals surface area contributed by atoms with Crippen LogP contribution in [0.5, 0.6) is 17.2 Å². The Bertz CT molecular complexity index is 1100. The number of thiazole rings is 1. The summed E-state index contributed by atoms with van der Waals surface area (Å²) in [4.78, 5) is 17.9. The first kappa shape index (κ1) is 19.5. The third kappa shape index (κ3) is 3.99. The number of fused-ring (bicyclic) bond motifs is 2. The number of hydrogen-bond acceptors (Lipinski definition) is 6. The van der Waals surface area contributed by atoms with Gasteiger partial charge in [-0.25, -0.2) is 0 Å². The molecule has 3 aromatic rings. The molecule has 1 aromatic heterocycles. The molecule has 0 saturated heterocycles. The number of nitrogens with zero attached hydrogens (tertiary/aromatic N) is 2. The topological polar surface area (TPSA) is 71.3 Å². The number of rotatable bonds is 6. The number of carbonyl (C=O) groups is 1. The van der Waals surface area contributed by atoms with Crippen LogP contribution in [-0.2, 0) is 11.3 Å². The average molecular weight is 414 g/mol. The van der Waals surface area contributed by atoms with Gasteiger partial charge in [-0.2, -0.15) is 4.99 Å². The summed E-state index contributed by atoms with van der Waals surface area (Å²) < 4.78 is 25.1. The van der Waals surface area contributed by atoms with Crippen molar-refractivity contribution >= 4 is 27.5 Å². The highest BCUT2D eigenvalue weighted by Crippen LogP contribution is 2.31. The standard InChI is InChI=1S/C21H22N2O5S/c1-3-26-10-9-23-19-16(25-2)5-4-6-18(19)29-21(23)22-20(24)14-7-8-15-17(13-14)28-12-11-27-15/h4-8,13H,3,9-12H2,1-2H3. The summed E-state index contributed by atoms with van der Waals surface area (Å²) in [6.07, 6.45) is 0. The fourth-order valence-electron chi connectivity index (χ4n) is 3.18.